The Morgan fingerprint density at radius 2 is 1.44 bits per heavy atom. The van der Waals surface area contributed by atoms with Crippen LogP contribution in [-0.4, -0.2) is 5.54 Å². The van der Waals surface area contributed by atoms with Gasteiger partial charge in [-0.3, -0.25) is 0 Å². The van der Waals surface area contributed by atoms with Crippen LogP contribution in [0.1, 0.15) is 29.5 Å². The Labute approximate surface area is 110 Å². The predicted octanol–water partition coefficient (Wildman–Crippen LogP) is 3.68. The topological polar surface area (TPSA) is 26.0 Å². The van der Waals surface area contributed by atoms with Gasteiger partial charge in [0.05, 0.1) is 0 Å². The average Bonchev–Trinajstić information content (AvgIpc) is 2.32. The molecule has 0 bridgehead atoms. The minimum atomic E-state index is -0.531. The van der Waals surface area contributed by atoms with E-state index in [9.17, 15) is 0 Å². The molecule has 0 spiro atoms. The predicted molar refractivity (Wildman–Crippen MR) is 77.4 cm³/mol. The van der Waals surface area contributed by atoms with Gasteiger partial charge in [-0.15, -0.1) is 0 Å². The van der Waals surface area contributed by atoms with Crippen LogP contribution in [0.25, 0.3) is 0 Å². The third-order valence-electron chi connectivity index (χ3n) is 3.20. The van der Waals surface area contributed by atoms with Gasteiger partial charge in [0.1, 0.15) is 0 Å². The summed E-state index contributed by atoms with van der Waals surface area (Å²) in [5.74, 6) is 0.110. The van der Waals surface area contributed by atoms with Crippen LogP contribution in [0.15, 0.2) is 54.6 Å². The molecule has 2 aromatic carbocycles. The Balaban J connectivity index is 2.47. The third kappa shape index (κ3) is 2.80. The molecule has 2 rings (SSSR count). The second-order valence-electron chi connectivity index (χ2n) is 5.26. The zero-order valence-corrected chi connectivity index (χ0v) is 11.1. The molecule has 1 radical (unpaired) electrons. The van der Waals surface area contributed by atoms with Crippen molar-refractivity contribution in [1.82, 2.24) is 0 Å². The molecule has 18 heavy (non-hydrogen) atoms. The smallest absolute Gasteiger partial charge is 0.0267 e. The van der Waals surface area contributed by atoms with Gasteiger partial charge in [0, 0.05) is 11.5 Å². The molecule has 0 fully saturated rings. The Bertz CT molecular complexity index is 491. The second-order valence-corrected chi connectivity index (χ2v) is 5.26. The fourth-order valence-electron chi connectivity index (χ4n) is 2.36. The lowest BCUT2D eigenvalue weighted by Gasteiger charge is -2.31. The van der Waals surface area contributed by atoms with Gasteiger partial charge in [0.15, 0.2) is 0 Å². The van der Waals surface area contributed by atoms with Crippen LogP contribution in [0.3, 0.4) is 0 Å². The van der Waals surface area contributed by atoms with Gasteiger partial charge >= 0.3 is 0 Å². The van der Waals surface area contributed by atoms with E-state index in [1.165, 1.54) is 16.7 Å². The summed E-state index contributed by atoms with van der Waals surface area (Å²) in [5.41, 5.74) is 9.42. The van der Waals surface area contributed by atoms with Gasteiger partial charge in [-0.25, -0.2) is 0 Å². The normalized spacial score (nSPS) is 13.3. The number of aryl methyl sites for hydroxylation is 1. The van der Waals surface area contributed by atoms with Crippen molar-refractivity contribution in [3.8, 4) is 0 Å². The van der Waals surface area contributed by atoms with Crippen molar-refractivity contribution in [3.05, 3.63) is 78.2 Å². The van der Waals surface area contributed by atoms with Crippen LogP contribution in [0, 0.1) is 13.8 Å². The van der Waals surface area contributed by atoms with Crippen molar-refractivity contribution in [2.75, 3.05) is 0 Å². The van der Waals surface area contributed by atoms with E-state index < -0.39 is 5.54 Å². The molecule has 0 aromatic heterocycles. The second kappa shape index (κ2) is 4.95. The SMILES string of the molecule is [CH2]C(C)(N)C(c1ccccc1)c1ccc(C)cc1. The minimum Gasteiger partial charge on any atom is -0.324 e. The molecule has 0 aliphatic carbocycles. The summed E-state index contributed by atoms with van der Waals surface area (Å²) in [6.07, 6.45) is 0. The number of hydrogen-bond acceptors (Lipinski definition) is 1. The zero-order valence-electron chi connectivity index (χ0n) is 11.1. The van der Waals surface area contributed by atoms with Crippen LogP contribution in [0.4, 0.5) is 0 Å². The highest BCUT2D eigenvalue weighted by Gasteiger charge is 2.28. The Morgan fingerprint density at radius 1 is 0.944 bits per heavy atom. The van der Waals surface area contributed by atoms with Gasteiger partial charge in [0.25, 0.3) is 0 Å². The first-order chi connectivity index (χ1) is 8.48. The fraction of sp³-hybridized carbons (Fsp3) is 0.235. The van der Waals surface area contributed by atoms with E-state index in [0.29, 0.717) is 0 Å². The van der Waals surface area contributed by atoms with Crippen molar-refractivity contribution in [3.63, 3.8) is 0 Å². The summed E-state index contributed by atoms with van der Waals surface area (Å²) in [6.45, 7) is 8.19. The molecule has 0 aliphatic rings. The molecule has 2 atom stereocenters. The summed E-state index contributed by atoms with van der Waals surface area (Å²) in [7, 11) is 0. The average molecular weight is 238 g/mol. The molecule has 93 valence electrons. The monoisotopic (exact) mass is 238 g/mol. The van der Waals surface area contributed by atoms with Gasteiger partial charge in [-0.1, -0.05) is 60.2 Å². The molecule has 2 N–H and O–H groups in total. The molecule has 0 saturated carbocycles. The lowest BCUT2D eigenvalue weighted by Crippen LogP contribution is -2.40. The summed E-state index contributed by atoms with van der Waals surface area (Å²) < 4.78 is 0. The lowest BCUT2D eigenvalue weighted by atomic mass is 9.78. The molecule has 1 nitrogen and oxygen atoms in total. The molecular formula is C17H20N. The highest BCUT2D eigenvalue weighted by atomic mass is 14.7. The quantitative estimate of drug-likeness (QED) is 0.867. The van der Waals surface area contributed by atoms with E-state index in [2.05, 4.69) is 50.2 Å². The molecule has 2 unspecified atom stereocenters. The number of hydrogen-bond donors (Lipinski definition) is 1. The van der Waals surface area contributed by atoms with Gasteiger partial charge < -0.3 is 5.73 Å². The first kappa shape index (κ1) is 12.8. The van der Waals surface area contributed by atoms with Gasteiger partial charge in [-0.2, -0.15) is 0 Å². The van der Waals surface area contributed by atoms with Crippen LogP contribution < -0.4 is 5.73 Å². The fourth-order valence-corrected chi connectivity index (χ4v) is 2.36. The maximum absolute atomic E-state index is 6.27. The standard InChI is InChI=1S/C17H20N/c1-13-9-11-15(12-10-13)16(17(2,3)18)14-7-5-4-6-8-14/h4-12,16H,2,18H2,1,3H3. The highest BCUT2D eigenvalue weighted by molar-refractivity contribution is 5.37. The van der Waals surface area contributed by atoms with E-state index in [1.54, 1.807) is 0 Å². The molecular weight excluding hydrogens is 218 g/mol. The van der Waals surface area contributed by atoms with E-state index >= 15 is 0 Å². The number of benzene rings is 2. The third-order valence-corrected chi connectivity index (χ3v) is 3.20. The van der Waals surface area contributed by atoms with Crippen molar-refractivity contribution in [2.45, 2.75) is 25.3 Å². The lowest BCUT2D eigenvalue weighted by molar-refractivity contribution is 0.508. The zero-order chi connectivity index (χ0) is 13.2. The first-order valence-electron chi connectivity index (χ1n) is 6.24. The Kier molecular flexibility index (Phi) is 3.53. The molecule has 0 amide bonds. The summed E-state index contributed by atoms with van der Waals surface area (Å²) in [5, 5.41) is 0. The van der Waals surface area contributed by atoms with Crippen LogP contribution in [0.2, 0.25) is 0 Å². The van der Waals surface area contributed by atoms with Gasteiger partial charge in [0.2, 0.25) is 0 Å². The maximum atomic E-state index is 6.27. The van der Waals surface area contributed by atoms with Crippen molar-refractivity contribution < 1.29 is 0 Å². The van der Waals surface area contributed by atoms with Crippen molar-refractivity contribution in [1.29, 1.82) is 0 Å². The summed E-state index contributed by atoms with van der Waals surface area (Å²) in [4.78, 5) is 0. The van der Waals surface area contributed by atoms with E-state index in [0.717, 1.165) is 0 Å². The van der Waals surface area contributed by atoms with Crippen LogP contribution >= 0.6 is 0 Å². The Morgan fingerprint density at radius 3 is 1.94 bits per heavy atom. The van der Waals surface area contributed by atoms with E-state index in [-0.39, 0.29) is 5.92 Å². The van der Waals surface area contributed by atoms with Crippen LogP contribution in [0.5, 0.6) is 0 Å². The van der Waals surface area contributed by atoms with Crippen LogP contribution in [-0.2, 0) is 0 Å². The van der Waals surface area contributed by atoms with Gasteiger partial charge in [-0.05, 0) is 31.9 Å². The Hall–Kier alpha value is -1.60. The van der Waals surface area contributed by atoms with E-state index in [1.807, 2.05) is 25.1 Å². The minimum absolute atomic E-state index is 0.110. The number of rotatable bonds is 3. The largest absolute Gasteiger partial charge is 0.324 e. The first-order valence-corrected chi connectivity index (χ1v) is 6.24. The molecule has 2 aromatic rings. The van der Waals surface area contributed by atoms with Crippen molar-refractivity contribution >= 4 is 0 Å². The molecule has 0 heterocycles. The summed E-state index contributed by atoms with van der Waals surface area (Å²) in [6, 6.07) is 18.9. The van der Waals surface area contributed by atoms with E-state index in [4.69, 9.17) is 5.73 Å². The summed E-state index contributed by atoms with van der Waals surface area (Å²) >= 11 is 0. The molecule has 1 heteroatoms. The van der Waals surface area contributed by atoms with Crippen molar-refractivity contribution in [2.24, 2.45) is 5.73 Å². The highest BCUT2D eigenvalue weighted by Crippen LogP contribution is 2.32. The molecule has 0 saturated heterocycles. The molecule has 0 aliphatic heterocycles. The maximum Gasteiger partial charge on any atom is 0.0267 e. The number of nitrogens with two attached hydrogens (primary N) is 1.